The van der Waals surface area contributed by atoms with E-state index in [2.05, 4.69) is 22.3 Å². The van der Waals surface area contributed by atoms with Crippen LogP contribution in [0.5, 0.6) is 0 Å². The molecule has 1 heterocycles. The van der Waals surface area contributed by atoms with Crippen molar-refractivity contribution in [1.29, 1.82) is 0 Å². The Bertz CT molecular complexity index is 298. The Kier molecular flexibility index (Phi) is 5.42. The number of aliphatic hydroxyl groups excluding tert-OH is 1. The highest BCUT2D eigenvalue weighted by Gasteiger charge is 2.09. The van der Waals surface area contributed by atoms with Crippen LogP contribution in [0, 0.1) is 5.92 Å². The second-order valence-corrected chi connectivity index (χ2v) is 4.34. The second-order valence-electron chi connectivity index (χ2n) is 4.34. The molecule has 0 aliphatic heterocycles. The molecule has 0 saturated carbocycles. The third-order valence-corrected chi connectivity index (χ3v) is 2.54. The molecule has 0 bridgehead atoms. The average molecular weight is 226 g/mol. The van der Waals surface area contributed by atoms with Gasteiger partial charge in [0.15, 0.2) is 0 Å². The Morgan fingerprint density at radius 2 is 2.25 bits per heavy atom. The van der Waals surface area contributed by atoms with Crippen LogP contribution in [0.25, 0.3) is 0 Å². The SMILES string of the molecule is CCCn1ncnc1CNCC(O)C(C)C. The van der Waals surface area contributed by atoms with Crippen molar-refractivity contribution in [3.8, 4) is 0 Å². The number of nitrogens with zero attached hydrogens (tertiary/aromatic N) is 3. The third kappa shape index (κ3) is 3.90. The summed E-state index contributed by atoms with van der Waals surface area (Å²) in [7, 11) is 0. The van der Waals surface area contributed by atoms with Gasteiger partial charge in [-0.1, -0.05) is 20.8 Å². The van der Waals surface area contributed by atoms with E-state index in [0.717, 1.165) is 18.8 Å². The van der Waals surface area contributed by atoms with E-state index < -0.39 is 0 Å². The average Bonchev–Trinajstić information content (AvgIpc) is 2.66. The van der Waals surface area contributed by atoms with E-state index in [0.29, 0.717) is 13.1 Å². The van der Waals surface area contributed by atoms with Gasteiger partial charge in [-0.3, -0.25) is 0 Å². The zero-order chi connectivity index (χ0) is 12.0. The minimum atomic E-state index is -0.303. The maximum atomic E-state index is 9.62. The highest BCUT2D eigenvalue weighted by Crippen LogP contribution is 2.00. The molecule has 1 aromatic rings. The highest BCUT2D eigenvalue weighted by molar-refractivity contribution is 4.84. The van der Waals surface area contributed by atoms with Crippen LogP contribution < -0.4 is 5.32 Å². The molecule has 0 spiro atoms. The lowest BCUT2D eigenvalue weighted by atomic mass is 10.1. The lowest BCUT2D eigenvalue weighted by Gasteiger charge is -2.14. The monoisotopic (exact) mass is 226 g/mol. The normalized spacial score (nSPS) is 13.3. The van der Waals surface area contributed by atoms with E-state index in [1.807, 2.05) is 18.5 Å². The largest absolute Gasteiger partial charge is 0.392 e. The van der Waals surface area contributed by atoms with E-state index in [1.165, 1.54) is 0 Å². The molecule has 1 atom stereocenters. The fourth-order valence-electron chi connectivity index (χ4n) is 1.39. The first-order chi connectivity index (χ1) is 7.65. The second kappa shape index (κ2) is 6.60. The number of aliphatic hydroxyl groups is 1. The van der Waals surface area contributed by atoms with Crippen molar-refractivity contribution in [2.75, 3.05) is 6.54 Å². The van der Waals surface area contributed by atoms with Crippen molar-refractivity contribution >= 4 is 0 Å². The van der Waals surface area contributed by atoms with Gasteiger partial charge in [0.1, 0.15) is 12.2 Å². The van der Waals surface area contributed by atoms with Crippen LogP contribution in [0.3, 0.4) is 0 Å². The molecule has 1 aromatic heterocycles. The highest BCUT2D eigenvalue weighted by atomic mass is 16.3. The van der Waals surface area contributed by atoms with Gasteiger partial charge in [-0.25, -0.2) is 9.67 Å². The van der Waals surface area contributed by atoms with Gasteiger partial charge in [0.25, 0.3) is 0 Å². The van der Waals surface area contributed by atoms with E-state index in [4.69, 9.17) is 0 Å². The lowest BCUT2D eigenvalue weighted by Crippen LogP contribution is -2.31. The predicted molar refractivity (Wildman–Crippen MR) is 62.9 cm³/mol. The Labute approximate surface area is 96.9 Å². The molecule has 1 rings (SSSR count). The molecular formula is C11H22N4O. The van der Waals surface area contributed by atoms with Gasteiger partial charge in [-0.05, 0) is 12.3 Å². The summed E-state index contributed by atoms with van der Waals surface area (Å²) >= 11 is 0. The standard InChI is InChI=1S/C11H22N4O/c1-4-5-15-11(13-8-14-15)7-12-6-10(16)9(2)3/h8-10,12,16H,4-7H2,1-3H3. The molecule has 0 aliphatic carbocycles. The molecule has 0 aromatic carbocycles. The van der Waals surface area contributed by atoms with Crippen LogP contribution in [0.1, 0.15) is 33.0 Å². The first-order valence-corrected chi connectivity index (χ1v) is 5.90. The third-order valence-electron chi connectivity index (χ3n) is 2.54. The quantitative estimate of drug-likeness (QED) is 0.721. The summed E-state index contributed by atoms with van der Waals surface area (Å²) < 4.78 is 1.90. The van der Waals surface area contributed by atoms with Crippen LogP contribution in [-0.2, 0) is 13.1 Å². The van der Waals surface area contributed by atoms with Crippen molar-refractivity contribution in [3.05, 3.63) is 12.2 Å². The molecular weight excluding hydrogens is 204 g/mol. The molecule has 0 aliphatic rings. The van der Waals surface area contributed by atoms with Gasteiger partial charge in [-0.15, -0.1) is 0 Å². The number of aromatic nitrogens is 3. The van der Waals surface area contributed by atoms with Crippen molar-refractivity contribution in [2.24, 2.45) is 5.92 Å². The van der Waals surface area contributed by atoms with Gasteiger partial charge in [-0.2, -0.15) is 5.10 Å². The summed E-state index contributed by atoms with van der Waals surface area (Å²) in [6, 6.07) is 0. The Morgan fingerprint density at radius 1 is 1.50 bits per heavy atom. The molecule has 2 N–H and O–H groups in total. The molecule has 5 heteroatoms. The van der Waals surface area contributed by atoms with Crippen LogP contribution in [0.4, 0.5) is 0 Å². The van der Waals surface area contributed by atoms with Gasteiger partial charge < -0.3 is 10.4 Å². The van der Waals surface area contributed by atoms with Crippen molar-refractivity contribution in [3.63, 3.8) is 0 Å². The maximum absolute atomic E-state index is 9.62. The fraction of sp³-hybridized carbons (Fsp3) is 0.818. The number of rotatable bonds is 7. The summed E-state index contributed by atoms with van der Waals surface area (Å²) in [4.78, 5) is 4.18. The summed E-state index contributed by atoms with van der Waals surface area (Å²) in [5, 5.41) is 17.0. The summed E-state index contributed by atoms with van der Waals surface area (Å²) in [6.07, 6.45) is 2.32. The first kappa shape index (κ1) is 13.1. The summed E-state index contributed by atoms with van der Waals surface area (Å²) in [6.45, 7) is 8.27. The summed E-state index contributed by atoms with van der Waals surface area (Å²) in [5.74, 6) is 1.21. The topological polar surface area (TPSA) is 63.0 Å². The van der Waals surface area contributed by atoms with Gasteiger partial charge >= 0.3 is 0 Å². The van der Waals surface area contributed by atoms with Crippen molar-refractivity contribution in [2.45, 2.75) is 46.4 Å². The minimum absolute atomic E-state index is 0.279. The zero-order valence-electron chi connectivity index (χ0n) is 10.3. The van der Waals surface area contributed by atoms with Crippen LogP contribution >= 0.6 is 0 Å². The Balaban J connectivity index is 2.34. The lowest BCUT2D eigenvalue weighted by molar-refractivity contribution is 0.123. The maximum Gasteiger partial charge on any atom is 0.140 e. The number of hydrogen-bond donors (Lipinski definition) is 2. The van der Waals surface area contributed by atoms with E-state index >= 15 is 0 Å². The minimum Gasteiger partial charge on any atom is -0.392 e. The van der Waals surface area contributed by atoms with E-state index in [-0.39, 0.29) is 12.0 Å². The van der Waals surface area contributed by atoms with Crippen LogP contribution in [-0.4, -0.2) is 32.5 Å². The molecule has 0 radical (unpaired) electrons. The van der Waals surface area contributed by atoms with E-state index in [1.54, 1.807) is 6.33 Å². The molecule has 0 saturated heterocycles. The number of hydrogen-bond acceptors (Lipinski definition) is 4. The first-order valence-electron chi connectivity index (χ1n) is 5.90. The predicted octanol–water partition coefficient (Wildman–Crippen LogP) is 0.795. The Morgan fingerprint density at radius 3 is 2.88 bits per heavy atom. The molecule has 0 amide bonds. The van der Waals surface area contributed by atoms with Crippen LogP contribution in [0.2, 0.25) is 0 Å². The fourth-order valence-corrected chi connectivity index (χ4v) is 1.39. The molecule has 16 heavy (non-hydrogen) atoms. The Hall–Kier alpha value is -0.940. The van der Waals surface area contributed by atoms with Gasteiger partial charge in [0, 0.05) is 13.1 Å². The number of aryl methyl sites for hydroxylation is 1. The molecule has 5 nitrogen and oxygen atoms in total. The van der Waals surface area contributed by atoms with Crippen molar-refractivity contribution < 1.29 is 5.11 Å². The molecule has 92 valence electrons. The smallest absolute Gasteiger partial charge is 0.140 e. The van der Waals surface area contributed by atoms with E-state index in [9.17, 15) is 5.11 Å². The van der Waals surface area contributed by atoms with Gasteiger partial charge in [0.05, 0.1) is 12.6 Å². The van der Waals surface area contributed by atoms with Crippen molar-refractivity contribution in [1.82, 2.24) is 20.1 Å². The molecule has 0 fully saturated rings. The van der Waals surface area contributed by atoms with Crippen LogP contribution in [0.15, 0.2) is 6.33 Å². The van der Waals surface area contributed by atoms with Gasteiger partial charge in [0.2, 0.25) is 0 Å². The zero-order valence-corrected chi connectivity index (χ0v) is 10.3. The molecule has 1 unspecified atom stereocenters. The summed E-state index contributed by atoms with van der Waals surface area (Å²) in [5.41, 5.74) is 0. The number of nitrogens with one attached hydrogen (secondary N) is 1.